The first-order valence-corrected chi connectivity index (χ1v) is 14.2. The number of hydrogen-bond acceptors (Lipinski definition) is 3. The van der Waals surface area contributed by atoms with Crippen molar-refractivity contribution in [3.8, 4) is 39.5 Å². The van der Waals surface area contributed by atoms with Crippen molar-refractivity contribution in [2.24, 2.45) is 0 Å². The standard InChI is InChI=1S/C37H27N4O.Pt/c1-22(2)41-32-19-9-16-27(31-21-29(23-11-4-3-5-12-23)26-15-10-20-33(42)36(26)39-31)35(32)40-37(41)28-17-8-14-25-24-13-6-7-18-30(24)38-34(25)28;/h3-22H,1-2H3,(H-,38,39,40,42);/q-1;. The Morgan fingerprint density at radius 2 is 1.35 bits per heavy atom. The van der Waals surface area contributed by atoms with Crippen molar-refractivity contribution in [1.82, 2.24) is 19.5 Å². The third-order valence-corrected chi connectivity index (χ3v) is 8.12. The molecule has 0 saturated heterocycles. The van der Waals surface area contributed by atoms with Gasteiger partial charge in [-0.1, -0.05) is 97.1 Å². The van der Waals surface area contributed by atoms with Gasteiger partial charge in [-0.3, -0.25) is 0 Å². The molecule has 3 heterocycles. The number of fused-ring (bicyclic) bond motifs is 5. The van der Waals surface area contributed by atoms with Crippen molar-refractivity contribution in [2.45, 2.75) is 19.9 Å². The van der Waals surface area contributed by atoms with Crippen LogP contribution in [0.2, 0.25) is 0 Å². The number of phenols is 1. The predicted molar refractivity (Wildman–Crippen MR) is 172 cm³/mol. The van der Waals surface area contributed by atoms with Crippen LogP contribution in [0.25, 0.3) is 77.5 Å². The van der Waals surface area contributed by atoms with Crippen molar-refractivity contribution in [2.75, 3.05) is 0 Å². The fourth-order valence-electron chi connectivity index (χ4n) is 6.25. The molecule has 0 fully saturated rings. The molecular weight excluding hydrogens is 712 g/mol. The van der Waals surface area contributed by atoms with E-state index in [0.717, 1.165) is 72.0 Å². The number of benzene rings is 5. The molecule has 6 heteroatoms. The summed E-state index contributed by atoms with van der Waals surface area (Å²) in [6.45, 7) is 4.37. The summed E-state index contributed by atoms with van der Waals surface area (Å²) in [6.07, 6.45) is 0. The molecule has 212 valence electrons. The van der Waals surface area contributed by atoms with E-state index in [1.165, 1.54) is 0 Å². The van der Waals surface area contributed by atoms with Crippen molar-refractivity contribution in [1.29, 1.82) is 0 Å². The van der Waals surface area contributed by atoms with Crippen LogP contribution in [0, 0.1) is 0 Å². The number of aromatic nitrogens is 4. The molecule has 0 amide bonds. The quantitative estimate of drug-likeness (QED) is 0.196. The fraction of sp³-hybridized carbons (Fsp3) is 0.0811. The summed E-state index contributed by atoms with van der Waals surface area (Å²) >= 11 is 0. The van der Waals surface area contributed by atoms with E-state index < -0.39 is 0 Å². The molecule has 3 aromatic heterocycles. The van der Waals surface area contributed by atoms with Crippen molar-refractivity contribution < 1.29 is 26.2 Å². The fourth-order valence-corrected chi connectivity index (χ4v) is 6.25. The number of phenolic OH excluding ortho intramolecular Hbond substituents is 1. The van der Waals surface area contributed by atoms with Crippen LogP contribution in [0.1, 0.15) is 19.9 Å². The molecule has 5 nitrogen and oxygen atoms in total. The number of imidazole rings is 1. The largest absolute Gasteiger partial charge is 0.656 e. The van der Waals surface area contributed by atoms with Crippen molar-refractivity contribution in [3.63, 3.8) is 0 Å². The van der Waals surface area contributed by atoms with E-state index in [1.54, 1.807) is 6.07 Å². The minimum atomic E-state index is 0. The van der Waals surface area contributed by atoms with E-state index in [4.69, 9.17) is 15.0 Å². The SMILES string of the molecule is CC(C)n1c(-c2cccc3c2[n-]c2ccccc23)nc2c(-c3cc(-c4ccccc4)c4cccc(O)c4n3)cccc21.[Pt]. The molecule has 1 N–H and O–H groups in total. The van der Waals surface area contributed by atoms with Gasteiger partial charge in [0.15, 0.2) is 0 Å². The second-order valence-corrected chi connectivity index (χ2v) is 11.0. The molecule has 0 bridgehead atoms. The molecule has 43 heavy (non-hydrogen) atoms. The number of rotatable bonds is 4. The Labute approximate surface area is 263 Å². The van der Waals surface area contributed by atoms with Crippen LogP contribution in [-0.2, 0) is 21.1 Å². The van der Waals surface area contributed by atoms with Crippen LogP contribution in [0.4, 0.5) is 0 Å². The van der Waals surface area contributed by atoms with Gasteiger partial charge in [0.1, 0.15) is 17.1 Å². The molecule has 8 aromatic rings. The zero-order valence-electron chi connectivity index (χ0n) is 23.6. The average Bonchev–Trinajstić information content (AvgIpc) is 3.60. The summed E-state index contributed by atoms with van der Waals surface area (Å²) in [6, 6.07) is 39.0. The van der Waals surface area contributed by atoms with Crippen LogP contribution in [-0.4, -0.2) is 19.6 Å². The Balaban J connectivity index is 0.00000300. The van der Waals surface area contributed by atoms with E-state index in [-0.39, 0.29) is 32.9 Å². The second kappa shape index (κ2) is 10.5. The summed E-state index contributed by atoms with van der Waals surface area (Å²) in [5.74, 6) is 1.04. The first-order valence-electron chi connectivity index (χ1n) is 14.2. The summed E-state index contributed by atoms with van der Waals surface area (Å²) in [7, 11) is 0. The Bertz CT molecular complexity index is 2300. The maximum absolute atomic E-state index is 10.9. The molecule has 8 rings (SSSR count). The van der Waals surface area contributed by atoms with Gasteiger partial charge in [-0.2, -0.15) is 0 Å². The van der Waals surface area contributed by atoms with Gasteiger partial charge in [0.2, 0.25) is 0 Å². The molecule has 0 radical (unpaired) electrons. The van der Waals surface area contributed by atoms with Gasteiger partial charge in [0.25, 0.3) is 0 Å². The third-order valence-electron chi connectivity index (χ3n) is 8.12. The summed E-state index contributed by atoms with van der Waals surface area (Å²) in [4.78, 5) is 15.4. The normalized spacial score (nSPS) is 11.6. The first-order chi connectivity index (χ1) is 20.6. The van der Waals surface area contributed by atoms with Gasteiger partial charge in [0, 0.05) is 43.6 Å². The Kier molecular flexibility index (Phi) is 6.63. The number of nitrogens with zero attached hydrogens (tertiary/aromatic N) is 4. The molecule has 0 aliphatic heterocycles. The molecule has 0 aliphatic rings. The van der Waals surface area contributed by atoms with Crippen molar-refractivity contribution in [3.05, 3.63) is 115 Å². The topological polar surface area (TPSA) is 65.0 Å². The van der Waals surface area contributed by atoms with Crippen LogP contribution in [0.5, 0.6) is 5.75 Å². The average molecular weight is 739 g/mol. The summed E-state index contributed by atoms with van der Waals surface area (Å²) in [5, 5.41) is 14.1. The minimum Gasteiger partial charge on any atom is -0.656 e. The molecule has 0 aliphatic carbocycles. The summed E-state index contributed by atoms with van der Waals surface area (Å²) < 4.78 is 2.30. The maximum atomic E-state index is 10.9. The molecule has 5 aromatic carbocycles. The number of para-hydroxylation sites is 4. The Morgan fingerprint density at radius 1 is 0.651 bits per heavy atom. The van der Waals surface area contributed by atoms with Gasteiger partial charge in [0.05, 0.1) is 16.7 Å². The first kappa shape index (κ1) is 27.1. The minimum absolute atomic E-state index is 0. The van der Waals surface area contributed by atoms with E-state index >= 15 is 0 Å². The predicted octanol–water partition coefficient (Wildman–Crippen LogP) is 9.13. The van der Waals surface area contributed by atoms with Gasteiger partial charge < -0.3 is 14.7 Å². The van der Waals surface area contributed by atoms with Gasteiger partial charge in [-0.15, -0.1) is 11.0 Å². The van der Waals surface area contributed by atoms with Crippen molar-refractivity contribution >= 4 is 43.7 Å². The Morgan fingerprint density at radius 3 is 2.19 bits per heavy atom. The molecular formula is C37H27N4OPt-. The van der Waals surface area contributed by atoms with Crippen LogP contribution in [0.3, 0.4) is 0 Å². The zero-order valence-corrected chi connectivity index (χ0v) is 25.9. The van der Waals surface area contributed by atoms with Gasteiger partial charge in [-0.25, -0.2) is 9.97 Å². The third kappa shape index (κ3) is 4.26. The summed E-state index contributed by atoms with van der Waals surface area (Å²) in [5.41, 5.74) is 9.20. The van der Waals surface area contributed by atoms with E-state index in [9.17, 15) is 5.11 Å². The van der Waals surface area contributed by atoms with E-state index in [0.29, 0.717) is 5.52 Å². The molecule has 0 unspecified atom stereocenters. The van der Waals surface area contributed by atoms with Crippen LogP contribution >= 0.6 is 0 Å². The second-order valence-electron chi connectivity index (χ2n) is 11.0. The number of aromatic hydroxyl groups is 1. The van der Waals surface area contributed by atoms with Gasteiger partial charge in [-0.05, 0) is 53.9 Å². The maximum Gasteiger partial charge on any atom is 0.141 e. The van der Waals surface area contributed by atoms with E-state index in [2.05, 4.69) is 91.2 Å². The van der Waals surface area contributed by atoms with Crippen LogP contribution in [0.15, 0.2) is 115 Å². The number of hydrogen-bond donors (Lipinski definition) is 1. The molecule has 0 saturated carbocycles. The van der Waals surface area contributed by atoms with E-state index in [1.807, 2.05) is 36.4 Å². The monoisotopic (exact) mass is 738 g/mol. The zero-order chi connectivity index (χ0) is 28.4. The van der Waals surface area contributed by atoms with Crippen LogP contribution < -0.4 is 4.98 Å². The smallest absolute Gasteiger partial charge is 0.141 e. The molecule has 0 spiro atoms. The Hall–Kier alpha value is -4.73. The number of pyridine rings is 1. The van der Waals surface area contributed by atoms with Gasteiger partial charge >= 0.3 is 0 Å². The molecule has 0 atom stereocenters.